The zero-order valence-electron chi connectivity index (χ0n) is 30.7. The number of nitrogens with zero attached hydrogens (tertiary/aromatic N) is 1. The lowest BCUT2D eigenvalue weighted by Crippen LogP contribution is -2.74. The molecular weight excluding hydrogens is 737 g/mol. The van der Waals surface area contributed by atoms with E-state index in [1.54, 1.807) is 12.1 Å². The number of nitrogens with one attached hydrogen (secondary N) is 1. The number of hydrogen-bond donors (Lipinski definition) is 1. The first-order valence-corrected chi connectivity index (χ1v) is 19.6. The summed E-state index contributed by atoms with van der Waals surface area (Å²) in [7, 11) is 0. The maximum Gasteiger partial charge on any atom is 0.375 e. The third kappa shape index (κ3) is 8.32. The van der Waals surface area contributed by atoms with Crippen molar-refractivity contribution in [3.63, 3.8) is 0 Å². The van der Waals surface area contributed by atoms with E-state index in [1.807, 2.05) is 157 Å². The molecule has 2 aliphatic heterocycles. The summed E-state index contributed by atoms with van der Waals surface area (Å²) in [6.07, 6.45) is -1.20. The van der Waals surface area contributed by atoms with Gasteiger partial charge in [-0.25, -0.2) is 9.59 Å². The number of thioether (sulfide) groups is 1. The highest BCUT2D eigenvalue weighted by Gasteiger charge is 2.56. The van der Waals surface area contributed by atoms with Crippen molar-refractivity contribution in [2.75, 3.05) is 0 Å². The number of amides is 2. The Morgan fingerprint density at radius 1 is 0.649 bits per heavy atom. The lowest BCUT2D eigenvalue weighted by Gasteiger charge is -2.51. The van der Waals surface area contributed by atoms with Gasteiger partial charge in [-0.1, -0.05) is 152 Å². The third-order valence-corrected chi connectivity index (χ3v) is 11.1. The molecule has 6 aromatic rings. The fraction of sp³-hybridized carbons (Fsp3) is 0.149. The van der Waals surface area contributed by atoms with Gasteiger partial charge in [-0.3, -0.25) is 9.59 Å². The number of ether oxygens (including phenoxy) is 2. The SMILES string of the molecule is O=C(Cc1ccccc1)N[C@@H]1C(=O)N2C(C(=O)OC(c3ccccc3)c3ccccc3)C(Cc3ccc(C(=O)OC(c4ccccc4)c4ccccc4)o3)=CS[C@H]12. The van der Waals surface area contributed by atoms with E-state index in [4.69, 9.17) is 13.9 Å². The number of carbonyl (C=O) groups excluding carboxylic acids is 4. The van der Waals surface area contributed by atoms with Crippen LogP contribution in [0.3, 0.4) is 0 Å². The predicted molar refractivity (Wildman–Crippen MR) is 216 cm³/mol. The van der Waals surface area contributed by atoms with Crippen molar-refractivity contribution in [2.24, 2.45) is 0 Å². The highest BCUT2D eigenvalue weighted by atomic mass is 32.2. The fourth-order valence-corrected chi connectivity index (χ4v) is 8.37. The van der Waals surface area contributed by atoms with Crippen molar-refractivity contribution in [1.29, 1.82) is 0 Å². The molecule has 284 valence electrons. The molecule has 2 amide bonds. The summed E-state index contributed by atoms with van der Waals surface area (Å²) < 4.78 is 18.4. The second kappa shape index (κ2) is 17.0. The number of hydrogen-bond acceptors (Lipinski definition) is 8. The van der Waals surface area contributed by atoms with Crippen LogP contribution in [0.5, 0.6) is 0 Å². The van der Waals surface area contributed by atoms with E-state index in [0.717, 1.165) is 27.8 Å². The van der Waals surface area contributed by atoms with Crippen molar-refractivity contribution in [1.82, 2.24) is 10.2 Å². The van der Waals surface area contributed by atoms with Gasteiger partial charge in [-0.05, 0) is 50.9 Å². The molecular formula is C47H38N2O7S. The van der Waals surface area contributed by atoms with E-state index < -0.39 is 47.5 Å². The summed E-state index contributed by atoms with van der Waals surface area (Å²) in [5.74, 6) is -1.58. The van der Waals surface area contributed by atoms with Crippen LogP contribution in [0, 0.1) is 0 Å². The normalized spacial score (nSPS) is 17.3. The van der Waals surface area contributed by atoms with Crippen LogP contribution in [0.25, 0.3) is 0 Å². The highest BCUT2D eigenvalue weighted by molar-refractivity contribution is 8.03. The molecule has 5 aromatic carbocycles. The molecule has 1 aromatic heterocycles. The van der Waals surface area contributed by atoms with Crippen LogP contribution in [0.15, 0.2) is 179 Å². The maximum absolute atomic E-state index is 14.5. The molecule has 0 spiro atoms. The monoisotopic (exact) mass is 774 g/mol. The van der Waals surface area contributed by atoms with Crippen LogP contribution in [-0.2, 0) is 36.7 Å². The molecule has 8 rings (SSSR count). The van der Waals surface area contributed by atoms with Gasteiger partial charge in [0.1, 0.15) is 17.2 Å². The Balaban J connectivity index is 1.05. The molecule has 1 N–H and O–H groups in total. The number of fused-ring (bicyclic) bond motifs is 1. The van der Waals surface area contributed by atoms with Crippen LogP contribution >= 0.6 is 11.8 Å². The van der Waals surface area contributed by atoms with E-state index in [0.29, 0.717) is 11.3 Å². The summed E-state index contributed by atoms with van der Waals surface area (Å²) in [4.78, 5) is 56.5. The minimum Gasteiger partial charge on any atom is -0.454 e. The average Bonchev–Trinajstić information content (AvgIpc) is 3.74. The van der Waals surface area contributed by atoms with Gasteiger partial charge >= 0.3 is 11.9 Å². The topological polar surface area (TPSA) is 115 Å². The predicted octanol–water partition coefficient (Wildman–Crippen LogP) is 8.00. The minimum atomic E-state index is -1.12. The smallest absolute Gasteiger partial charge is 0.375 e. The Morgan fingerprint density at radius 3 is 1.67 bits per heavy atom. The van der Waals surface area contributed by atoms with Gasteiger partial charge in [0, 0.05) is 6.42 Å². The standard InChI is InChI=1S/C47H38N2O7S/c50-39(28-31-16-6-1-7-17-31)48-40-44(51)49-41(47(53)56-43(34-22-12-4-13-23-34)35-24-14-5-15-25-35)36(30-57-45(40)49)29-37-26-27-38(54-37)46(52)55-42(32-18-8-2-9-19-32)33-20-10-3-11-21-33/h1-27,30,40-43,45H,28-29H2,(H,48,50)/t40-,41?,45-/m1/s1. The Labute approximate surface area is 334 Å². The second-order valence-corrected chi connectivity index (χ2v) is 14.8. The lowest BCUT2D eigenvalue weighted by atomic mass is 9.95. The average molecular weight is 775 g/mol. The molecule has 10 heteroatoms. The molecule has 57 heavy (non-hydrogen) atoms. The molecule has 3 atom stereocenters. The minimum absolute atomic E-state index is 0.00244. The third-order valence-electron chi connectivity index (χ3n) is 9.92. The van der Waals surface area contributed by atoms with Gasteiger partial charge in [0.2, 0.25) is 17.6 Å². The number of β-lactam (4-membered cyclic amide) rings is 1. The summed E-state index contributed by atoms with van der Waals surface area (Å²) in [5, 5.41) is 4.17. The molecule has 0 aliphatic carbocycles. The van der Waals surface area contributed by atoms with E-state index in [1.165, 1.54) is 16.7 Å². The van der Waals surface area contributed by atoms with E-state index in [9.17, 15) is 19.2 Å². The Hall–Kier alpha value is -6.65. The number of benzene rings is 5. The number of furan rings is 1. The van der Waals surface area contributed by atoms with Gasteiger partial charge in [-0.2, -0.15) is 0 Å². The van der Waals surface area contributed by atoms with Crippen LogP contribution in [0.1, 0.15) is 56.3 Å². The molecule has 9 nitrogen and oxygen atoms in total. The van der Waals surface area contributed by atoms with Crippen LogP contribution < -0.4 is 5.32 Å². The van der Waals surface area contributed by atoms with Gasteiger partial charge < -0.3 is 24.1 Å². The van der Waals surface area contributed by atoms with Crippen molar-refractivity contribution in [3.05, 3.63) is 214 Å². The number of rotatable bonds is 13. The Morgan fingerprint density at radius 2 is 1.14 bits per heavy atom. The molecule has 1 saturated heterocycles. The molecule has 2 aliphatic rings. The van der Waals surface area contributed by atoms with E-state index in [2.05, 4.69) is 5.32 Å². The van der Waals surface area contributed by atoms with E-state index >= 15 is 0 Å². The molecule has 1 fully saturated rings. The molecule has 0 radical (unpaired) electrons. The van der Waals surface area contributed by atoms with Crippen LogP contribution in [-0.4, -0.2) is 46.1 Å². The lowest BCUT2D eigenvalue weighted by molar-refractivity contribution is -0.165. The van der Waals surface area contributed by atoms with Gasteiger partial charge in [0.25, 0.3) is 0 Å². The van der Waals surface area contributed by atoms with Crippen LogP contribution in [0.2, 0.25) is 0 Å². The van der Waals surface area contributed by atoms with Crippen molar-refractivity contribution < 1.29 is 33.1 Å². The first kappa shape index (κ1) is 37.3. The quantitative estimate of drug-likeness (QED) is 0.0928. The van der Waals surface area contributed by atoms with Crippen molar-refractivity contribution >= 4 is 35.5 Å². The zero-order valence-corrected chi connectivity index (χ0v) is 31.5. The van der Waals surface area contributed by atoms with E-state index in [-0.39, 0.29) is 24.5 Å². The van der Waals surface area contributed by atoms with Crippen molar-refractivity contribution in [3.8, 4) is 0 Å². The largest absolute Gasteiger partial charge is 0.454 e. The zero-order chi connectivity index (χ0) is 39.1. The Bertz CT molecular complexity index is 2290. The Kier molecular flexibility index (Phi) is 11.1. The van der Waals surface area contributed by atoms with Crippen molar-refractivity contribution in [2.45, 2.75) is 42.5 Å². The fourth-order valence-electron chi connectivity index (χ4n) is 7.14. The maximum atomic E-state index is 14.5. The number of esters is 2. The first-order chi connectivity index (χ1) is 27.9. The molecule has 1 unspecified atom stereocenters. The summed E-state index contributed by atoms with van der Waals surface area (Å²) in [6.45, 7) is 0. The van der Waals surface area contributed by atoms with Gasteiger partial charge in [0.05, 0.1) is 6.42 Å². The molecule has 0 saturated carbocycles. The summed E-state index contributed by atoms with van der Waals surface area (Å²) in [6, 6.07) is 48.3. The summed E-state index contributed by atoms with van der Waals surface area (Å²) >= 11 is 1.34. The van der Waals surface area contributed by atoms with Crippen LogP contribution in [0.4, 0.5) is 0 Å². The highest BCUT2D eigenvalue weighted by Crippen LogP contribution is 2.42. The molecule has 3 heterocycles. The first-order valence-electron chi connectivity index (χ1n) is 18.6. The molecule has 0 bridgehead atoms. The number of carbonyl (C=O) groups is 4. The van der Waals surface area contributed by atoms with Gasteiger partial charge in [0.15, 0.2) is 18.2 Å². The summed E-state index contributed by atoms with van der Waals surface area (Å²) in [5.41, 5.74) is 4.52. The second-order valence-electron chi connectivity index (χ2n) is 13.8. The van der Waals surface area contributed by atoms with Gasteiger partial charge in [-0.15, -0.1) is 11.8 Å².